The fourth-order valence-electron chi connectivity index (χ4n) is 7.17. The van der Waals surface area contributed by atoms with Crippen molar-refractivity contribution in [3.8, 4) is 5.69 Å². The number of benzene rings is 7. The first kappa shape index (κ1) is 28.7. The van der Waals surface area contributed by atoms with Gasteiger partial charge in [0.05, 0.1) is 28.1 Å². The van der Waals surface area contributed by atoms with Gasteiger partial charge >= 0.3 is 0 Å². The van der Waals surface area contributed by atoms with Gasteiger partial charge in [0.25, 0.3) is 0 Å². The average Bonchev–Trinajstić information content (AvgIpc) is 3.65. The molecule has 1 unspecified atom stereocenters. The van der Waals surface area contributed by atoms with E-state index in [1.165, 1.54) is 10.8 Å². The lowest BCUT2D eigenvalue weighted by Gasteiger charge is -2.12. The second-order valence-electron chi connectivity index (χ2n) is 12.5. The van der Waals surface area contributed by atoms with E-state index in [2.05, 4.69) is 131 Å². The fourth-order valence-corrected chi connectivity index (χ4v) is 7.17. The lowest BCUT2D eigenvalue weighted by atomic mass is 10.1. The van der Waals surface area contributed by atoms with Crippen molar-refractivity contribution in [3.05, 3.63) is 175 Å². The number of para-hydroxylation sites is 2. The first-order valence-electron chi connectivity index (χ1n) is 16.6. The van der Waals surface area contributed by atoms with Gasteiger partial charge in [0, 0.05) is 32.8 Å². The van der Waals surface area contributed by atoms with Crippen LogP contribution in [0.3, 0.4) is 0 Å². The van der Waals surface area contributed by atoms with Crippen LogP contribution in [0.25, 0.3) is 60.1 Å². The van der Waals surface area contributed by atoms with Gasteiger partial charge in [0.15, 0.2) is 5.84 Å². The van der Waals surface area contributed by atoms with E-state index in [4.69, 9.17) is 15.7 Å². The third-order valence-electron chi connectivity index (χ3n) is 9.52. The van der Waals surface area contributed by atoms with Crippen molar-refractivity contribution in [2.24, 2.45) is 15.7 Å². The Morgan fingerprint density at radius 3 is 1.84 bits per heavy atom. The SMILES string of the molecule is CC(N=C(N=C(N)n1c2cc3ccccc3cc2c2cc3c(cc21)c1ccccc1n3-c1ccccc1)c1ccccc1)c1ccccc1. The normalized spacial score (nSPS) is 13.2. The fraction of sp³-hybridized carbons (Fsp3) is 0.0455. The molecule has 49 heavy (non-hydrogen) atoms. The molecule has 0 saturated carbocycles. The molecule has 7 aromatic carbocycles. The minimum Gasteiger partial charge on any atom is -0.369 e. The zero-order valence-corrected chi connectivity index (χ0v) is 27.0. The summed E-state index contributed by atoms with van der Waals surface area (Å²) in [7, 11) is 0. The molecule has 0 bridgehead atoms. The summed E-state index contributed by atoms with van der Waals surface area (Å²) in [4.78, 5) is 10.3. The van der Waals surface area contributed by atoms with Crippen LogP contribution in [0.4, 0.5) is 0 Å². The van der Waals surface area contributed by atoms with E-state index < -0.39 is 0 Å². The van der Waals surface area contributed by atoms with Crippen molar-refractivity contribution in [2.45, 2.75) is 13.0 Å². The largest absolute Gasteiger partial charge is 0.369 e. The van der Waals surface area contributed by atoms with Crippen LogP contribution in [0.2, 0.25) is 0 Å². The smallest absolute Gasteiger partial charge is 0.207 e. The number of hydrogen-bond donors (Lipinski definition) is 1. The van der Waals surface area contributed by atoms with Gasteiger partial charge in [-0.25, -0.2) is 0 Å². The maximum Gasteiger partial charge on any atom is 0.207 e. The maximum absolute atomic E-state index is 7.15. The van der Waals surface area contributed by atoms with Gasteiger partial charge in [-0.15, -0.1) is 0 Å². The third-order valence-corrected chi connectivity index (χ3v) is 9.52. The number of nitrogens with two attached hydrogens (primary N) is 1. The standard InChI is InChI=1S/C44H33N5/c1-29(30-15-5-2-6-16-30)46-43(31-17-7-3-8-18-31)47-44(45)49-40-26-33-20-12-11-19-32(33)25-36(40)38-28-41-37(27-42(38)49)35-23-13-14-24-39(35)48(41)34-21-9-4-10-22-34/h2-29H,1H3,(H2,45,46,47). The molecular weight excluding hydrogens is 599 g/mol. The highest BCUT2D eigenvalue weighted by Gasteiger charge is 2.20. The lowest BCUT2D eigenvalue weighted by Crippen LogP contribution is -2.24. The number of fused-ring (bicyclic) bond motifs is 7. The number of hydrogen-bond acceptors (Lipinski definition) is 1. The molecule has 5 heteroatoms. The van der Waals surface area contributed by atoms with E-state index in [0.29, 0.717) is 11.8 Å². The molecule has 0 spiro atoms. The molecule has 9 rings (SSSR count). The number of amidine groups is 1. The van der Waals surface area contributed by atoms with Gasteiger partial charge in [0.2, 0.25) is 5.96 Å². The molecule has 2 heterocycles. The number of nitrogens with zero attached hydrogens (tertiary/aromatic N) is 4. The van der Waals surface area contributed by atoms with Crippen LogP contribution in [0.15, 0.2) is 174 Å². The Morgan fingerprint density at radius 1 is 0.531 bits per heavy atom. The van der Waals surface area contributed by atoms with E-state index in [1.54, 1.807) is 0 Å². The maximum atomic E-state index is 7.15. The summed E-state index contributed by atoms with van der Waals surface area (Å²) in [5.41, 5.74) is 14.6. The monoisotopic (exact) mass is 631 g/mol. The quantitative estimate of drug-likeness (QED) is 0.152. The molecule has 0 saturated heterocycles. The van der Waals surface area contributed by atoms with Gasteiger partial charge in [-0.2, -0.15) is 4.99 Å². The highest BCUT2D eigenvalue weighted by Crippen LogP contribution is 2.39. The Kier molecular flexibility index (Phi) is 6.83. The lowest BCUT2D eigenvalue weighted by molar-refractivity contribution is 0.818. The highest BCUT2D eigenvalue weighted by molar-refractivity contribution is 6.23. The molecule has 2 aromatic heterocycles. The molecule has 1 atom stereocenters. The second kappa shape index (κ2) is 11.7. The van der Waals surface area contributed by atoms with Crippen molar-refractivity contribution < 1.29 is 0 Å². The summed E-state index contributed by atoms with van der Waals surface area (Å²) < 4.78 is 4.47. The van der Waals surface area contributed by atoms with Crippen LogP contribution in [0.1, 0.15) is 24.1 Å². The Labute approximate surface area is 283 Å². The topological polar surface area (TPSA) is 60.6 Å². The van der Waals surface area contributed by atoms with Crippen molar-refractivity contribution in [1.29, 1.82) is 0 Å². The number of aliphatic imine (C=N–C) groups is 2. The van der Waals surface area contributed by atoms with Crippen molar-refractivity contribution in [3.63, 3.8) is 0 Å². The minimum absolute atomic E-state index is 0.112. The molecule has 5 nitrogen and oxygen atoms in total. The highest BCUT2D eigenvalue weighted by atomic mass is 15.2. The summed E-state index contributed by atoms with van der Waals surface area (Å²) in [6, 6.07) is 57.1. The van der Waals surface area contributed by atoms with Gasteiger partial charge in [-0.1, -0.05) is 121 Å². The molecule has 9 aromatic rings. The van der Waals surface area contributed by atoms with Crippen LogP contribution < -0.4 is 5.73 Å². The molecule has 0 aliphatic carbocycles. The Hall–Kier alpha value is -6.46. The molecule has 0 amide bonds. The summed E-state index contributed by atoms with van der Waals surface area (Å²) >= 11 is 0. The van der Waals surface area contributed by atoms with Crippen molar-refractivity contribution in [1.82, 2.24) is 9.13 Å². The van der Waals surface area contributed by atoms with Gasteiger partial charge in [-0.3, -0.25) is 9.56 Å². The predicted octanol–water partition coefficient (Wildman–Crippen LogP) is 10.4. The molecule has 0 aliphatic heterocycles. The van der Waals surface area contributed by atoms with Crippen LogP contribution in [0.5, 0.6) is 0 Å². The first-order valence-corrected chi connectivity index (χ1v) is 16.6. The van der Waals surface area contributed by atoms with Crippen LogP contribution in [0, 0.1) is 0 Å². The predicted molar refractivity (Wildman–Crippen MR) is 206 cm³/mol. The molecular formula is C44H33N5. The summed E-state index contributed by atoms with van der Waals surface area (Å²) in [6.07, 6.45) is 0. The van der Waals surface area contributed by atoms with E-state index in [1.807, 2.05) is 48.5 Å². The number of rotatable bonds is 4. The van der Waals surface area contributed by atoms with E-state index >= 15 is 0 Å². The Morgan fingerprint density at radius 2 is 1.08 bits per heavy atom. The second-order valence-corrected chi connectivity index (χ2v) is 12.5. The summed E-state index contributed by atoms with van der Waals surface area (Å²) in [6.45, 7) is 2.09. The van der Waals surface area contributed by atoms with Gasteiger partial charge in [-0.05, 0) is 65.7 Å². The zero-order valence-electron chi connectivity index (χ0n) is 27.0. The van der Waals surface area contributed by atoms with Crippen molar-refractivity contribution >= 4 is 66.2 Å². The van der Waals surface area contributed by atoms with Crippen molar-refractivity contribution in [2.75, 3.05) is 0 Å². The van der Waals surface area contributed by atoms with Crippen LogP contribution >= 0.6 is 0 Å². The molecule has 2 N–H and O–H groups in total. The van der Waals surface area contributed by atoms with E-state index in [9.17, 15) is 0 Å². The zero-order chi connectivity index (χ0) is 32.9. The molecule has 0 radical (unpaired) electrons. The first-order chi connectivity index (χ1) is 24.1. The number of aromatic nitrogens is 2. The average molecular weight is 632 g/mol. The molecule has 234 valence electrons. The molecule has 0 fully saturated rings. The van der Waals surface area contributed by atoms with Gasteiger partial charge < -0.3 is 10.3 Å². The van der Waals surface area contributed by atoms with E-state index in [-0.39, 0.29) is 6.04 Å². The molecule has 0 aliphatic rings. The Balaban J connectivity index is 1.35. The summed E-state index contributed by atoms with van der Waals surface area (Å²) in [5.74, 6) is 0.955. The third kappa shape index (κ3) is 4.86. The van der Waals surface area contributed by atoms with Gasteiger partial charge in [0.1, 0.15) is 0 Å². The van der Waals surface area contributed by atoms with E-state index in [0.717, 1.165) is 60.4 Å². The Bertz CT molecular complexity index is 2720. The van der Waals surface area contributed by atoms with Crippen LogP contribution in [-0.2, 0) is 0 Å². The summed E-state index contributed by atoms with van der Waals surface area (Å²) in [5, 5.41) is 6.89. The minimum atomic E-state index is -0.112. The van der Waals surface area contributed by atoms with Crippen LogP contribution in [-0.4, -0.2) is 20.9 Å².